The van der Waals surface area contributed by atoms with Crippen LogP contribution in [0.15, 0.2) is 48.0 Å². The zero-order valence-electron chi connectivity index (χ0n) is 15.4. The Hall–Kier alpha value is -2.93. The summed E-state index contributed by atoms with van der Waals surface area (Å²) < 4.78 is 0. The molecule has 0 spiro atoms. The van der Waals surface area contributed by atoms with E-state index in [1.807, 2.05) is 56.6 Å². The molecule has 0 aliphatic carbocycles. The minimum absolute atomic E-state index is 0.0680. The fourth-order valence-electron chi connectivity index (χ4n) is 2.67. The lowest BCUT2D eigenvalue weighted by Crippen LogP contribution is -2.47. The topological polar surface area (TPSA) is 86.9 Å². The second-order valence-corrected chi connectivity index (χ2v) is 7.53. The Morgan fingerprint density at radius 1 is 1.19 bits per heavy atom. The fourth-order valence-corrected chi connectivity index (χ4v) is 3.39. The molecule has 1 atom stereocenters. The van der Waals surface area contributed by atoms with Crippen LogP contribution in [0.5, 0.6) is 0 Å². The maximum atomic E-state index is 12.7. The molecule has 3 rings (SSSR count). The molecule has 2 aromatic heterocycles. The van der Waals surface area contributed by atoms with Crippen LogP contribution in [0.3, 0.4) is 0 Å². The van der Waals surface area contributed by atoms with Crippen molar-refractivity contribution in [2.24, 2.45) is 5.92 Å². The summed E-state index contributed by atoms with van der Waals surface area (Å²) in [5, 5.41) is 8.02. The van der Waals surface area contributed by atoms with Crippen molar-refractivity contribution >= 4 is 28.3 Å². The molecule has 7 heteroatoms. The lowest BCUT2D eigenvalue weighted by atomic mass is 10.0. The number of anilines is 1. The van der Waals surface area contributed by atoms with Crippen molar-refractivity contribution in [2.45, 2.75) is 26.8 Å². The summed E-state index contributed by atoms with van der Waals surface area (Å²) in [6, 6.07) is 10.4. The molecule has 0 saturated heterocycles. The number of aromatic nitrogens is 2. The number of carbonyl (C=O) groups is 2. The van der Waals surface area contributed by atoms with Gasteiger partial charge in [-0.25, -0.2) is 4.98 Å². The minimum atomic E-state index is -0.657. The highest BCUT2D eigenvalue weighted by Gasteiger charge is 2.25. The van der Waals surface area contributed by atoms with Crippen LogP contribution in [-0.4, -0.2) is 27.8 Å². The molecule has 140 valence electrons. The Bertz CT molecular complexity index is 931. The van der Waals surface area contributed by atoms with Gasteiger partial charge in [-0.15, -0.1) is 11.3 Å². The van der Waals surface area contributed by atoms with Gasteiger partial charge < -0.3 is 15.6 Å². The van der Waals surface area contributed by atoms with Crippen LogP contribution in [0.25, 0.3) is 11.4 Å². The summed E-state index contributed by atoms with van der Waals surface area (Å²) in [4.78, 5) is 32.7. The fraction of sp³-hybridized carbons (Fsp3) is 0.250. The van der Waals surface area contributed by atoms with E-state index in [-0.39, 0.29) is 17.7 Å². The first-order valence-corrected chi connectivity index (χ1v) is 9.59. The van der Waals surface area contributed by atoms with Crippen molar-refractivity contribution in [1.82, 2.24) is 15.3 Å². The van der Waals surface area contributed by atoms with Gasteiger partial charge >= 0.3 is 0 Å². The number of amides is 2. The summed E-state index contributed by atoms with van der Waals surface area (Å²) in [5.74, 6) is -0.612. The highest BCUT2D eigenvalue weighted by atomic mass is 32.1. The van der Waals surface area contributed by atoms with Crippen LogP contribution in [0.1, 0.15) is 29.8 Å². The predicted octanol–water partition coefficient (Wildman–Crippen LogP) is 3.84. The van der Waals surface area contributed by atoms with Gasteiger partial charge in [0, 0.05) is 17.1 Å². The highest BCUT2D eigenvalue weighted by molar-refractivity contribution is 7.14. The number of nitrogens with zero attached hydrogens (tertiary/aromatic N) is 1. The molecule has 6 nitrogen and oxygen atoms in total. The van der Waals surface area contributed by atoms with E-state index in [0.29, 0.717) is 10.7 Å². The largest absolute Gasteiger partial charge is 0.360 e. The van der Waals surface area contributed by atoms with Crippen molar-refractivity contribution in [1.29, 1.82) is 0 Å². The quantitative estimate of drug-likeness (QED) is 0.605. The molecule has 0 aliphatic heterocycles. The Morgan fingerprint density at radius 2 is 2.00 bits per heavy atom. The summed E-state index contributed by atoms with van der Waals surface area (Å²) >= 11 is 1.35. The van der Waals surface area contributed by atoms with E-state index in [1.165, 1.54) is 11.3 Å². The van der Waals surface area contributed by atoms with Gasteiger partial charge in [0.15, 0.2) is 5.13 Å². The van der Waals surface area contributed by atoms with Gasteiger partial charge in [0.2, 0.25) is 5.91 Å². The van der Waals surface area contributed by atoms with Crippen LogP contribution in [0.2, 0.25) is 0 Å². The molecule has 2 heterocycles. The van der Waals surface area contributed by atoms with E-state index in [4.69, 9.17) is 0 Å². The highest BCUT2D eigenvalue weighted by Crippen LogP contribution is 2.23. The Labute approximate surface area is 162 Å². The number of carbonyl (C=O) groups excluding carboxylic acids is 2. The zero-order chi connectivity index (χ0) is 19.4. The van der Waals surface area contributed by atoms with Crippen molar-refractivity contribution < 1.29 is 9.59 Å². The van der Waals surface area contributed by atoms with Crippen LogP contribution >= 0.6 is 11.3 Å². The minimum Gasteiger partial charge on any atom is -0.360 e. The van der Waals surface area contributed by atoms with E-state index in [0.717, 1.165) is 17.0 Å². The Balaban J connectivity index is 1.69. The molecule has 3 N–H and O–H groups in total. The van der Waals surface area contributed by atoms with Crippen molar-refractivity contribution in [3.63, 3.8) is 0 Å². The third-order valence-corrected chi connectivity index (χ3v) is 4.88. The molecule has 0 radical (unpaired) electrons. The number of hydrogen-bond donors (Lipinski definition) is 3. The third-order valence-electron chi connectivity index (χ3n) is 4.12. The van der Waals surface area contributed by atoms with Crippen molar-refractivity contribution in [2.75, 3.05) is 5.32 Å². The first-order chi connectivity index (χ1) is 12.9. The number of aryl methyl sites for hydroxylation is 1. The molecule has 3 aromatic rings. The number of rotatable bonds is 6. The van der Waals surface area contributed by atoms with Crippen LogP contribution in [0.4, 0.5) is 5.13 Å². The lowest BCUT2D eigenvalue weighted by molar-refractivity contribution is -0.118. The average Bonchev–Trinajstić information content (AvgIpc) is 3.30. The van der Waals surface area contributed by atoms with Gasteiger partial charge in [0.1, 0.15) is 6.04 Å². The van der Waals surface area contributed by atoms with Crippen molar-refractivity contribution in [3.05, 3.63) is 59.1 Å². The number of hydrogen-bond acceptors (Lipinski definition) is 4. The standard InChI is InChI=1S/C20H22N4O2S/c1-12(2)17(23-18(25)14-7-4-6-13(3)10-14)19(26)24-20-22-16(11-27-20)15-8-5-9-21-15/h4-12,17,21H,1-3H3,(H,23,25)(H,22,24,26). The summed E-state index contributed by atoms with van der Waals surface area (Å²) in [6.45, 7) is 5.72. The molecule has 0 bridgehead atoms. The smallest absolute Gasteiger partial charge is 0.251 e. The summed E-state index contributed by atoms with van der Waals surface area (Å²) in [6.07, 6.45) is 1.82. The SMILES string of the molecule is Cc1cccc(C(=O)NC(C(=O)Nc2nc(-c3ccc[nH]3)cs2)C(C)C)c1. The summed E-state index contributed by atoms with van der Waals surface area (Å²) in [7, 11) is 0. The van der Waals surface area contributed by atoms with Crippen molar-refractivity contribution in [3.8, 4) is 11.4 Å². The van der Waals surface area contributed by atoms with Gasteiger partial charge in [-0.3, -0.25) is 9.59 Å². The van der Waals surface area contributed by atoms with E-state index >= 15 is 0 Å². The lowest BCUT2D eigenvalue weighted by Gasteiger charge is -2.21. The van der Waals surface area contributed by atoms with E-state index in [9.17, 15) is 9.59 Å². The summed E-state index contributed by atoms with van der Waals surface area (Å²) in [5.41, 5.74) is 3.19. The number of nitrogens with one attached hydrogen (secondary N) is 3. The number of H-pyrrole nitrogens is 1. The second-order valence-electron chi connectivity index (χ2n) is 6.68. The van der Waals surface area contributed by atoms with Crippen LogP contribution in [0, 0.1) is 12.8 Å². The van der Waals surface area contributed by atoms with Gasteiger partial charge in [0.25, 0.3) is 5.91 Å². The molecular formula is C20H22N4O2S. The molecule has 0 saturated carbocycles. The molecule has 0 aliphatic rings. The van der Waals surface area contributed by atoms with E-state index < -0.39 is 6.04 Å². The van der Waals surface area contributed by atoms with Gasteiger partial charge in [0.05, 0.1) is 11.4 Å². The van der Waals surface area contributed by atoms with Gasteiger partial charge in [-0.1, -0.05) is 31.5 Å². The average molecular weight is 382 g/mol. The molecular weight excluding hydrogens is 360 g/mol. The van der Waals surface area contributed by atoms with E-state index in [2.05, 4.69) is 20.6 Å². The van der Waals surface area contributed by atoms with Gasteiger partial charge in [-0.2, -0.15) is 0 Å². The second kappa shape index (κ2) is 8.18. The number of benzene rings is 1. The van der Waals surface area contributed by atoms with Crippen LogP contribution in [-0.2, 0) is 4.79 Å². The molecule has 1 unspecified atom stereocenters. The monoisotopic (exact) mass is 382 g/mol. The third kappa shape index (κ3) is 4.62. The first kappa shape index (κ1) is 18.8. The van der Waals surface area contributed by atoms with Gasteiger partial charge in [-0.05, 0) is 37.1 Å². The zero-order valence-corrected chi connectivity index (χ0v) is 16.3. The first-order valence-electron chi connectivity index (χ1n) is 8.71. The molecule has 2 amide bonds. The number of thiazole rings is 1. The number of aromatic amines is 1. The molecule has 1 aromatic carbocycles. The maximum Gasteiger partial charge on any atom is 0.251 e. The van der Waals surface area contributed by atoms with Crippen LogP contribution < -0.4 is 10.6 Å². The maximum absolute atomic E-state index is 12.7. The Kier molecular flexibility index (Phi) is 5.71. The molecule has 0 fully saturated rings. The normalized spacial score (nSPS) is 12.0. The predicted molar refractivity (Wildman–Crippen MR) is 108 cm³/mol. The molecule has 27 heavy (non-hydrogen) atoms. The van der Waals surface area contributed by atoms with E-state index in [1.54, 1.807) is 12.1 Å². The Morgan fingerprint density at radius 3 is 2.67 bits per heavy atom.